The summed E-state index contributed by atoms with van der Waals surface area (Å²) in [4.78, 5) is 16.4. The number of carbonyl (C=O) groups is 1. The van der Waals surface area contributed by atoms with E-state index in [1.165, 1.54) is 16.5 Å². The first kappa shape index (κ1) is 17.1. The molecule has 0 bridgehead atoms. The quantitative estimate of drug-likeness (QED) is 0.599. The van der Waals surface area contributed by atoms with Crippen molar-refractivity contribution in [1.29, 1.82) is 0 Å². The predicted octanol–water partition coefficient (Wildman–Crippen LogP) is 3.42. The average molecular weight is 369 g/mol. The molecule has 1 aliphatic rings. The van der Waals surface area contributed by atoms with Crippen LogP contribution in [-0.4, -0.2) is 47.4 Å². The molecule has 0 spiro atoms. The van der Waals surface area contributed by atoms with Crippen LogP contribution in [0.15, 0.2) is 28.6 Å². The van der Waals surface area contributed by atoms with Gasteiger partial charge in [-0.25, -0.2) is 4.98 Å². The number of nitrogens with zero attached hydrogens (tertiary/aromatic N) is 1. The van der Waals surface area contributed by atoms with Gasteiger partial charge in [-0.1, -0.05) is 23.9 Å². The van der Waals surface area contributed by atoms with E-state index in [1.807, 2.05) is 30.0 Å². The van der Waals surface area contributed by atoms with Gasteiger partial charge >= 0.3 is 0 Å². The van der Waals surface area contributed by atoms with Gasteiger partial charge in [0.15, 0.2) is 4.34 Å². The third-order valence-electron chi connectivity index (χ3n) is 3.55. The number of amides is 1. The first-order valence-corrected chi connectivity index (χ1v) is 10.6. The summed E-state index contributed by atoms with van der Waals surface area (Å²) in [7, 11) is 0. The molecule has 2 heterocycles. The molecule has 1 amide bonds. The minimum absolute atomic E-state index is 0.0850. The summed E-state index contributed by atoms with van der Waals surface area (Å²) >= 11 is 5.10. The number of hydrogen-bond donors (Lipinski definition) is 1. The number of fused-ring (bicyclic) bond motifs is 1. The number of carbonyl (C=O) groups excluding carboxylic acids is 1. The molecule has 1 saturated heterocycles. The Bertz CT molecular complexity index is 608. The standard InChI is InChI=1S/C16H20N2O2S3/c19-15(17-7-10-21-12-5-8-20-9-6-12)11-22-16-18-13-3-1-2-4-14(13)23-16/h1-4,12H,5-11H2,(H,17,19). The van der Waals surface area contributed by atoms with Crippen LogP contribution in [0.1, 0.15) is 12.8 Å². The van der Waals surface area contributed by atoms with E-state index in [-0.39, 0.29) is 5.91 Å². The molecule has 0 saturated carbocycles. The van der Waals surface area contributed by atoms with E-state index in [0.29, 0.717) is 11.0 Å². The van der Waals surface area contributed by atoms with Gasteiger partial charge in [0.25, 0.3) is 0 Å². The van der Waals surface area contributed by atoms with Crippen molar-refractivity contribution in [2.75, 3.05) is 31.3 Å². The highest BCUT2D eigenvalue weighted by Crippen LogP contribution is 2.29. The second-order valence-corrected chi connectivity index (χ2v) is 8.93. The van der Waals surface area contributed by atoms with Crippen LogP contribution >= 0.6 is 34.9 Å². The third kappa shape index (κ3) is 5.38. The smallest absolute Gasteiger partial charge is 0.230 e. The van der Waals surface area contributed by atoms with Crippen molar-refractivity contribution in [1.82, 2.24) is 10.3 Å². The molecule has 23 heavy (non-hydrogen) atoms. The molecule has 7 heteroatoms. The highest BCUT2D eigenvalue weighted by Gasteiger charge is 2.13. The van der Waals surface area contributed by atoms with E-state index in [1.54, 1.807) is 11.3 Å². The van der Waals surface area contributed by atoms with Crippen LogP contribution in [0.5, 0.6) is 0 Å². The second-order valence-electron chi connectivity index (χ2n) is 5.27. The Morgan fingerprint density at radius 1 is 1.35 bits per heavy atom. The van der Waals surface area contributed by atoms with Gasteiger partial charge in [-0.3, -0.25) is 4.79 Å². The number of hydrogen-bond acceptors (Lipinski definition) is 6. The van der Waals surface area contributed by atoms with E-state index in [4.69, 9.17) is 4.74 Å². The zero-order valence-electron chi connectivity index (χ0n) is 12.8. The SMILES string of the molecule is O=C(CSc1nc2ccccc2s1)NCCSC1CCOCC1. The van der Waals surface area contributed by atoms with Crippen LogP contribution in [0.2, 0.25) is 0 Å². The fourth-order valence-corrected chi connectivity index (χ4v) is 5.33. The minimum Gasteiger partial charge on any atom is -0.381 e. The Morgan fingerprint density at radius 2 is 2.17 bits per heavy atom. The molecule has 1 fully saturated rings. The number of thiazole rings is 1. The van der Waals surface area contributed by atoms with Gasteiger partial charge in [0.05, 0.1) is 16.0 Å². The summed E-state index contributed by atoms with van der Waals surface area (Å²) in [6.45, 7) is 2.49. The molecular weight excluding hydrogens is 348 g/mol. The lowest BCUT2D eigenvalue weighted by atomic mass is 10.2. The first-order valence-electron chi connectivity index (χ1n) is 7.76. The van der Waals surface area contributed by atoms with Gasteiger partial charge in [-0.05, 0) is 25.0 Å². The van der Waals surface area contributed by atoms with Crippen molar-refractivity contribution < 1.29 is 9.53 Å². The largest absolute Gasteiger partial charge is 0.381 e. The summed E-state index contributed by atoms with van der Waals surface area (Å²) in [5.74, 6) is 1.49. The van der Waals surface area contributed by atoms with Crippen molar-refractivity contribution in [3.8, 4) is 0 Å². The van der Waals surface area contributed by atoms with Crippen LogP contribution in [-0.2, 0) is 9.53 Å². The maximum absolute atomic E-state index is 11.9. The highest BCUT2D eigenvalue weighted by atomic mass is 32.2. The Morgan fingerprint density at radius 3 is 3.00 bits per heavy atom. The van der Waals surface area contributed by atoms with Crippen molar-refractivity contribution in [2.45, 2.75) is 22.4 Å². The summed E-state index contributed by atoms with van der Waals surface area (Å²) in [5, 5.41) is 3.68. The number of ether oxygens (including phenoxy) is 1. The van der Waals surface area contributed by atoms with E-state index < -0.39 is 0 Å². The average Bonchev–Trinajstić information content (AvgIpc) is 3.01. The maximum Gasteiger partial charge on any atom is 0.230 e. The van der Waals surface area contributed by atoms with Gasteiger partial charge in [0, 0.05) is 30.8 Å². The zero-order chi connectivity index (χ0) is 15.9. The Balaban J connectivity index is 1.33. The topological polar surface area (TPSA) is 51.2 Å². The van der Waals surface area contributed by atoms with Crippen molar-refractivity contribution in [3.05, 3.63) is 24.3 Å². The summed E-state index contributed by atoms with van der Waals surface area (Å²) < 4.78 is 7.48. The second kappa shape index (κ2) is 8.92. The summed E-state index contributed by atoms with van der Waals surface area (Å²) in [6, 6.07) is 8.06. The molecule has 1 aromatic carbocycles. The predicted molar refractivity (Wildman–Crippen MR) is 99.7 cm³/mol. The van der Waals surface area contributed by atoms with Gasteiger partial charge in [-0.15, -0.1) is 11.3 Å². The van der Waals surface area contributed by atoms with Crippen molar-refractivity contribution >= 4 is 51.0 Å². The fraction of sp³-hybridized carbons (Fsp3) is 0.500. The molecule has 1 aromatic heterocycles. The molecular formula is C16H20N2O2S3. The van der Waals surface area contributed by atoms with Crippen LogP contribution in [0.3, 0.4) is 0 Å². The normalized spacial score (nSPS) is 15.8. The van der Waals surface area contributed by atoms with Crippen molar-refractivity contribution in [3.63, 3.8) is 0 Å². The Hall–Kier alpha value is -0.760. The van der Waals surface area contributed by atoms with Crippen LogP contribution in [0, 0.1) is 0 Å². The highest BCUT2D eigenvalue weighted by molar-refractivity contribution is 8.01. The monoisotopic (exact) mass is 368 g/mol. The number of thioether (sulfide) groups is 2. The molecule has 0 radical (unpaired) electrons. The van der Waals surface area contributed by atoms with Gasteiger partial charge in [0.1, 0.15) is 0 Å². The van der Waals surface area contributed by atoms with Gasteiger partial charge in [0.2, 0.25) is 5.91 Å². The van der Waals surface area contributed by atoms with Crippen molar-refractivity contribution in [2.24, 2.45) is 0 Å². The molecule has 0 atom stereocenters. The van der Waals surface area contributed by atoms with Gasteiger partial charge < -0.3 is 10.1 Å². The Labute approximate surface area is 148 Å². The summed E-state index contributed by atoms with van der Waals surface area (Å²) in [6.07, 6.45) is 2.26. The van der Waals surface area contributed by atoms with Crippen LogP contribution in [0.4, 0.5) is 0 Å². The maximum atomic E-state index is 11.9. The van der Waals surface area contributed by atoms with Crippen LogP contribution < -0.4 is 5.32 Å². The van der Waals surface area contributed by atoms with Gasteiger partial charge in [-0.2, -0.15) is 11.8 Å². The summed E-state index contributed by atoms with van der Waals surface area (Å²) in [5.41, 5.74) is 1.01. The number of para-hydroxylation sites is 1. The fourth-order valence-electron chi connectivity index (χ4n) is 2.35. The lowest BCUT2D eigenvalue weighted by Gasteiger charge is -2.21. The number of aromatic nitrogens is 1. The number of rotatable bonds is 7. The van der Waals surface area contributed by atoms with Crippen LogP contribution in [0.25, 0.3) is 10.2 Å². The molecule has 4 nitrogen and oxygen atoms in total. The van der Waals surface area contributed by atoms with E-state index in [0.717, 1.165) is 48.2 Å². The molecule has 1 N–H and O–H groups in total. The molecule has 2 aromatic rings. The number of nitrogens with one attached hydrogen (secondary N) is 1. The molecule has 124 valence electrons. The van der Waals surface area contributed by atoms with E-state index in [2.05, 4.69) is 16.4 Å². The molecule has 0 unspecified atom stereocenters. The number of benzene rings is 1. The lowest BCUT2D eigenvalue weighted by molar-refractivity contribution is -0.118. The minimum atomic E-state index is 0.0850. The zero-order valence-corrected chi connectivity index (χ0v) is 15.3. The Kier molecular flexibility index (Phi) is 6.62. The third-order valence-corrected chi connectivity index (χ3v) is 7.11. The molecule has 1 aliphatic heterocycles. The molecule has 3 rings (SSSR count). The lowest BCUT2D eigenvalue weighted by Crippen LogP contribution is -2.28. The van der Waals surface area contributed by atoms with E-state index >= 15 is 0 Å². The molecule has 0 aliphatic carbocycles. The van der Waals surface area contributed by atoms with E-state index in [9.17, 15) is 4.79 Å². The first-order chi connectivity index (χ1) is 11.3.